The van der Waals surface area contributed by atoms with Crippen molar-refractivity contribution in [1.29, 1.82) is 0 Å². The zero-order valence-corrected chi connectivity index (χ0v) is 11.6. The van der Waals surface area contributed by atoms with Crippen molar-refractivity contribution in [3.63, 3.8) is 0 Å². The van der Waals surface area contributed by atoms with Gasteiger partial charge in [0.2, 0.25) is 0 Å². The second kappa shape index (κ2) is 4.84. The minimum absolute atomic E-state index is 0.00760. The zero-order chi connectivity index (χ0) is 14.2. The minimum Gasteiger partial charge on any atom is -0.476 e. The summed E-state index contributed by atoms with van der Waals surface area (Å²) in [6.45, 7) is 8.58. The molecule has 0 unspecified atom stereocenters. The molecule has 0 spiro atoms. The lowest BCUT2D eigenvalue weighted by Crippen LogP contribution is -2.05. The van der Waals surface area contributed by atoms with Gasteiger partial charge in [0.05, 0.1) is 0 Å². The maximum absolute atomic E-state index is 11.3. The summed E-state index contributed by atoms with van der Waals surface area (Å²) in [5, 5.41) is 16.9. The first-order valence-corrected chi connectivity index (χ1v) is 6.21. The lowest BCUT2D eigenvalue weighted by atomic mass is 9.96. The molecule has 0 saturated carbocycles. The highest BCUT2D eigenvalue weighted by Gasteiger charge is 2.21. The van der Waals surface area contributed by atoms with Gasteiger partial charge in [-0.05, 0) is 44.4 Å². The number of hydrogen-bond acceptors (Lipinski definition) is 3. The number of carboxylic acids is 1. The first kappa shape index (κ1) is 13.3. The van der Waals surface area contributed by atoms with E-state index in [0.29, 0.717) is 12.2 Å². The summed E-state index contributed by atoms with van der Waals surface area (Å²) < 4.78 is 1.63. The molecule has 0 aliphatic heterocycles. The van der Waals surface area contributed by atoms with E-state index in [1.807, 2.05) is 39.8 Å². The van der Waals surface area contributed by atoms with Crippen LogP contribution in [0.15, 0.2) is 12.1 Å². The van der Waals surface area contributed by atoms with Gasteiger partial charge in [0.1, 0.15) is 5.69 Å². The molecule has 0 aliphatic rings. The molecule has 0 atom stereocenters. The van der Waals surface area contributed by atoms with Gasteiger partial charge in [0.25, 0.3) is 0 Å². The lowest BCUT2D eigenvalue weighted by Gasteiger charge is -2.12. The van der Waals surface area contributed by atoms with Gasteiger partial charge in [-0.3, -0.25) is 0 Å². The van der Waals surface area contributed by atoms with Gasteiger partial charge in [0.15, 0.2) is 5.69 Å². The normalized spacial score (nSPS) is 10.7. The summed E-state index contributed by atoms with van der Waals surface area (Å²) in [6, 6.07) is 3.94. The molecule has 19 heavy (non-hydrogen) atoms. The third-order valence-corrected chi connectivity index (χ3v) is 3.55. The molecule has 0 bridgehead atoms. The number of benzene rings is 1. The number of rotatable bonds is 3. The molecular formula is C14H17N3O2. The van der Waals surface area contributed by atoms with E-state index in [1.54, 1.807) is 4.68 Å². The van der Waals surface area contributed by atoms with Crippen LogP contribution in [0.2, 0.25) is 0 Å². The van der Waals surface area contributed by atoms with E-state index in [9.17, 15) is 9.90 Å². The van der Waals surface area contributed by atoms with Crippen molar-refractivity contribution in [2.75, 3.05) is 0 Å². The maximum atomic E-state index is 11.3. The molecule has 5 nitrogen and oxygen atoms in total. The van der Waals surface area contributed by atoms with Gasteiger partial charge in [0, 0.05) is 12.1 Å². The second-order valence-electron chi connectivity index (χ2n) is 4.59. The Kier molecular flexibility index (Phi) is 3.38. The summed E-state index contributed by atoms with van der Waals surface area (Å²) in [5.74, 6) is -1.05. The van der Waals surface area contributed by atoms with Gasteiger partial charge in [-0.2, -0.15) is 0 Å². The smallest absolute Gasteiger partial charge is 0.358 e. The number of carboxylic acid groups (broad SMARTS) is 1. The number of nitrogens with zero attached hydrogens (tertiary/aromatic N) is 3. The summed E-state index contributed by atoms with van der Waals surface area (Å²) in [4.78, 5) is 11.3. The van der Waals surface area contributed by atoms with Crippen molar-refractivity contribution in [3.05, 3.63) is 34.5 Å². The van der Waals surface area contributed by atoms with Crippen molar-refractivity contribution < 1.29 is 9.90 Å². The lowest BCUT2D eigenvalue weighted by molar-refractivity contribution is 0.0691. The summed E-state index contributed by atoms with van der Waals surface area (Å²) in [5.41, 5.74) is 4.89. The van der Waals surface area contributed by atoms with E-state index in [-0.39, 0.29) is 5.69 Å². The fourth-order valence-corrected chi connectivity index (χ4v) is 2.16. The van der Waals surface area contributed by atoms with Crippen LogP contribution in [0.5, 0.6) is 0 Å². The molecule has 2 aromatic rings. The van der Waals surface area contributed by atoms with E-state index in [4.69, 9.17) is 0 Å². The van der Waals surface area contributed by atoms with Crippen molar-refractivity contribution >= 4 is 5.97 Å². The highest BCUT2D eigenvalue weighted by molar-refractivity contribution is 5.93. The third kappa shape index (κ3) is 2.12. The molecule has 0 fully saturated rings. The van der Waals surface area contributed by atoms with Crippen molar-refractivity contribution in [2.45, 2.75) is 34.2 Å². The molecule has 100 valence electrons. The van der Waals surface area contributed by atoms with Gasteiger partial charge in [-0.1, -0.05) is 17.3 Å². The average Bonchev–Trinajstić information content (AvgIpc) is 2.80. The van der Waals surface area contributed by atoms with Gasteiger partial charge < -0.3 is 5.11 Å². The fraction of sp³-hybridized carbons (Fsp3) is 0.357. The predicted octanol–water partition coefficient (Wildman–Crippen LogP) is 2.59. The third-order valence-electron chi connectivity index (χ3n) is 3.55. The Labute approximate surface area is 111 Å². The first-order valence-electron chi connectivity index (χ1n) is 6.21. The number of carbonyl (C=O) groups is 1. The zero-order valence-electron chi connectivity index (χ0n) is 11.6. The molecule has 1 heterocycles. The van der Waals surface area contributed by atoms with Crippen LogP contribution in [0.4, 0.5) is 0 Å². The van der Waals surface area contributed by atoms with Crippen molar-refractivity contribution in [3.8, 4) is 11.3 Å². The van der Waals surface area contributed by atoms with E-state index in [2.05, 4.69) is 10.3 Å². The average molecular weight is 259 g/mol. The number of hydrogen-bond donors (Lipinski definition) is 1. The molecule has 5 heteroatoms. The van der Waals surface area contributed by atoms with Crippen LogP contribution in [0.1, 0.15) is 34.1 Å². The molecule has 2 rings (SSSR count). The van der Waals surface area contributed by atoms with Gasteiger partial charge in [-0.25, -0.2) is 9.48 Å². The van der Waals surface area contributed by atoms with Gasteiger partial charge >= 0.3 is 5.97 Å². The van der Waals surface area contributed by atoms with Crippen LogP contribution in [0.25, 0.3) is 11.3 Å². The highest BCUT2D eigenvalue weighted by atomic mass is 16.4. The quantitative estimate of drug-likeness (QED) is 0.919. The fourth-order valence-electron chi connectivity index (χ4n) is 2.16. The minimum atomic E-state index is -1.05. The molecule has 1 aromatic heterocycles. The topological polar surface area (TPSA) is 68.0 Å². The number of aryl methyl sites for hydroxylation is 2. The molecule has 0 radical (unpaired) electrons. The largest absolute Gasteiger partial charge is 0.476 e. The van der Waals surface area contributed by atoms with Crippen LogP contribution in [-0.2, 0) is 6.54 Å². The Hall–Kier alpha value is -2.17. The van der Waals surface area contributed by atoms with Crippen LogP contribution in [-0.4, -0.2) is 26.1 Å². The second-order valence-corrected chi connectivity index (χ2v) is 4.59. The summed E-state index contributed by atoms with van der Waals surface area (Å²) in [7, 11) is 0. The molecular weight excluding hydrogens is 242 g/mol. The summed E-state index contributed by atoms with van der Waals surface area (Å²) >= 11 is 0. The van der Waals surface area contributed by atoms with E-state index < -0.39 is 5.97 Å². The highest BCUT2D eigenvalue weighted by Crippen LogP contribution is 2.29. The number of aromatic carboxylic acids is 1. The molecule has 0 amide bonds. The molecule has 0 saturated heterocycles. The maximum Gasteiger partial charge on any atom is 0.358 e. The Morgan fingerprint density at radius 1 is 1.26 bits per heavy atom. The first-order chi connectivity index (χ1) is 8.97. The van der Waals surface area contributed by atoms with E-state index in [0.717, 1.165) is 16.7 Å². The van der Waals surface area contributed by atoms with Crippen molar-refractivity contribution in [2.24, 2.45) is 0 Å². The number of aromatic nitrogens is 3. The standard InChI is InChI=1S/C14H17N3O2/c1-5-17-13(12(14(18)19)15-16-17)11-7-6-8(2)9(3)10(11)4/h6-7H,5H2,1-4H3,(H,18,19). The molecule has 1 aromatic carbocycles. The molecule has 0 aliphatic carbocycles. The SMILES string of the molecule is CCn1nnc(C(=O)O)c1-c1ccc(C)c(C)c1C. The van der Waals surface area contributed by atoms with Crippen LogP contribution < -0.4 is 0 Å². The van der Waals surface area contributed by atoms with Gasteiger partial charge in [-0.15, -0.1) is 5.10 Å². The Morgan fingerprint density at radius 2 is 1.95 bits per heavy atom. The molecule has 1 N–H and O–H groups in total. The van der Waals surface area contributed by atoms with Crippen LogP contribution in [0, 0.1) is 20.8 Å². The Balaban J connectivity index is 2.74. The van der Waals surface area contributed by atoms with Crippen molar-refractivity contribution in [1.82, 2.24) is 15.0 Å². The Bertz CT molecular complexity index is 644. The van der Waals surface area contributed by atoms with E-state index in [1.165, 1.54) is 5.56 Å². The summed E-state index contributed by atoms with van der Waals surface area (Å²) in [6.07, 6.45) is 0. The van der Waals surface area contributed by atoms with E-state index >= 15 is 0 Å². The Morgan fingerprint density at radius 3 is 2.53 bits per heavy atom. The predicted molar refractivity (Wildman–Crippen MR) is 72.3 cm³/mol. The van der Waals surface area contributed by atoms with Crippen LogP contribution >= 0.6 is 0 Å². The van der Waals surface area contributed by atoms with Crippen LogP contribution in [0.3, 0.4) is 0 Å². The monoisotopic (exact) mass is 259 g/mol.